The summed E-state index contributed by atoms with van der Waals surface area (Å²) in [4.78, 5) is 18.7. The van der Waals surface area contributed by atoms with Crippen molar-refractivity contribution >= 4 is 11.9 Å². The number of amides is 1. The van der Waals surface area contributed by atoms with Gasteiger partial charge < -0.3 is 10.3 Å². The van der Waals surface area contributed by atoms with Crippen LogP contribution in [-0.4, -0.2) is 28.0 Å². The highest BCUT2D eigenvalue weighted by molar-refractivity contribution is 5.89. The monoisotopic (exact) mass is 234 g/mol. The number of fused-ring (bicyclic) bond motifs is 2. The molecule has 3 N–H and O–H groups in total. The van der Waals surface area contributed by atoms with Gasteiger partial charge in [0.2, 0.25) is 11.9 Å². The van der Waals surface area contributed by atoms with Gasteiger partial charge >= 0.3 is 0 Å². The number of carbonyl (C=O) groups excluding carboxylic acids is 1. The standard InChI is InChI=1S/C12H18N4O/c17-11(16-12-13-3-4-14-12)7-8-5-9-1-2-10(6-8)15-9/h3-4,8-10,15H,1-2,5-7H2,(H2,13,14,16,17). The van der Waals surface area contributed by atoms with Crippen LogP contribution < -0.4 is 10.6 Å². The number of aromatic nitrogens is 2. The number of nitrogens with one attached hydrogen (secondary N) is 3. The molecule has 0 spiro atoms. The number of imidazole rings is 1. The van der Waals surface area contributed by atoms with Crippen LogP contribution in [0.4, 0.5) is 5.95 Å². The highest BCUT2D eigenvalue weighted by Crippen LogP contribution is 2.32. The first-order chi connectivity index (χ1) is 8.29. The molecule has 0 aliphatic carbocycles. The molecular weight excluding hydrogens is 216 g/mol. The molecule has 3 rings (SSSR count). The molecule has 2 fully saturated rings. The van der Waals surface area contributed by atoms with E-state index in [-0.39, 0.29) is 5.91 Å². The van der Waals surface area contributed by atoms with Gasteiger partial charge in [-0.15, -0.1) is 0 Å². The molecule has 5 heteroatoms. The fourth-order valence-electron chi connectivity index (χ4n) is 3.12. The van der Waals surface area contributed by atoms with Gasteiger partial charge in [-0.2, -0.15) is 0 Å². The Morgan fingerprint density at radius 3 is 2.82 bits per heavy atom. The van der Waals surface area contributed by atoms with E-state index >= 15 is 0 Å². The number of hydrogen-bond donors (Lipinski definition) is 3. The van der Waals surface area contributed by atoms with Crippen molar-refractivity contribution in [3.63, 3.8) is 0 Å². The minimum atomic E-state index is 0.0752. The van der Waals surface area contributed by atoms with E-state index < -0.39 is 0 Å². The number of carbonyl (C=O) groups is 1. The van der Waals surface area contributed by atoms with Crippen molar-refractivity contribution in [1.29, 1.82) is 0 Å². The smallest absolute Gasteiger partial charge is 0.226 e. The third-order valence-corrected chi connectivity index (χ3v) is 3.80. The highest BCUT2D eigenvalue weighted by Gasteiger charge is 2.34. The molecular formula is C12H18N4O. The van der Waals surface area contributed by atoms with Gasteiger partial charge in [0.1, 0.15) is 0 Å². The van der Waals surface area contributed by atoms with Crippen LogP contribution >= 0.6 is 0 Å². The Labute approximate surface area is 100 Å². The van der Waals surface area contributed by atoms with Crippen molar-refractivity contribution in [2.75, 3.05) is 5.32 Å². The Hall–Kier alpha value is -1.36. The molecule has 1 aromatic heterocycles. The summed E-state index contributed by atoms with van der Waals surface area (Å²) >= 11 is 0. The zero-order chi connectivity index (χ0) is 11.7. The molecule has 5 nitrogen and oxygen atoms in total. The molecule has 0 saturated carbocycles. The van der Waals surface area contributed by atoms with E-state index in [4.69, 9.17) is 0 Å². The van der Waals surface area contributed by atoms with E-state index in [1.54, 1.807) is 12.4 Å². The average Bonchev–Trinajstić information content (AvgIpc) is 2.89. The van der Waals surface area contributed by atoms with Crippen LogP contribution in [0.15, 0.2) is 12.4 Å². The molecule has 2 saturated heterocycles. The predicted molar refractivity (Wildman–Crippen MR) is 64.5 cm³/mol. The first-order valence-electron chi connectivity index (χ1n) is 6.35. The van der Waals surface area contributed by atoms with Gasteiger partial charge in [0.15, 0.2) is 0 Å². The Morgan fingerprint density at radius 2 is 2.18 bits per heavy atom. The molecule has 2 atom stereocenters. The van der Waals surface area contributed by atoms with Gasteiger partial charge in [-0.05, 0) is 31.6 Å². The Bertz CT molecular complexity index is 377. The van der Waals surface area contributed by atoms with Crippen molar-refractivity contribution in [1.82, 2.24) is 15.3 Å². The van der Waals surface area contributed by atoms with Gasteiger partial charge in [-0.3, -0.25) is 10.1 Å². The number of anilines is 1. The minimum absolute atomic E-state index is 0.0752. The minimum Gasteiger partial charge on any atom is -0.331 e. The summed E-state index contributed by atoms with van der Waals surface area (Å²) in [6.45, 7) is 0. The molecule has 92 valence electrons. The lowest BCUT2D eigenvalue weighted by Gasteiger charge is -2.28. The lowest BCUT2D eigenvalue weighted by Crippen LogP contribution is -2.39. The van der Waals surface area contributed by atoms with E-state index in [1.807, 2.05) is 0 Å². The van der Waals surface area contributed by atoms with Crippen molar-refractivity contribution in [3.8, 4) is 0 Å². The first kappa shape index (κ1) is 10.8. The fourth-order valence-corrected chi connectivity index (χ4v) is 3.12. The number of nitrogens with zero attached hydrogens (tertiary/aromatic N) is 1. The van der Waals surface area contributed by atoms with E-state index in [0.717, 1.165) is 12.8 Å². The second-order valence-electron chi connectivity index (χ2n) is 5.17. The molecule has 2 aliphatic rings. The second kappa shape index (κ2) is 4.49. The van der Waals surface area contributed by atoms with E-state index in [2.05, 4.69) is 20.6 Å². The zero-order valence-corrected chi connectivity index (χ0v) is 9.78. The van der Waals surface area contributed by atoms with Crippen LogP contribution in [0.1, 0.15) is 32.1 Å². The van der Waals surface area contributed by atoms with Gasteiger partial charge in [-0.1, -0.05) is 0 Å². The summed E-state index contributed by atoms with van der Waals surface area (Å²) < 4.78 is 0. The summed E-state index contributed by atoms with van der Waals surface area (Å²) in [7, 11) is 0. The first-order valence-corrected chi connectivity index (χ1v) is 6.35. The fraction of sp³-hybridized carbons (Fsp3) is 0.667. The topological polar surface area (TPSA) is 69.8 Å². The van der Waals surface area contributed by atoms with Crippen LogP contribution in [-0.2, 0) is 4.79 Å². The van der Waals surface area contributed by atoms with Crippen LogP contribution in [0.2, 0.25) is 0 Å². The number of aromatic amines is 1. The molecule has 17 heavy (non-hydrogen) atoms. The lowest BCUT2D eigenvalue weighted by atomic mass is 9.89. The second-order valence-corrected chi connectivity index (χ2v) is 5.17. The predicted octanol–water partition coefficient (Wildman–Crippen LogP) is 1.27. The summed E-state index contributed by atoms with van der Waals surface area (Å²) in [5.41, 5.74) is 0. The van der Waals surface area contributed by atoms with E-state index in [0.29, 0.717) is 30.4 Å². The number of rotatable bonds is 3. The molecule has 2 aliphatic heterocycles. The zero-order valence-electron chi connectivity index (χ0n) is 9.78. The molecule has 2 bridgehead atoms. The Morgan fingerprint density at radius 1 is 1.41 bits per heavy atom. The van der Waals surface area contributed by atoms with Crippen LogP contribution in [0.25, 0.3) is 0 Å². The maximum atomic E-state index is 11.8. The quantitative estimate of drug-likeness (QED) is 0.737. The van der Waals surface area contributed by atoms with Crippen molar-refractivity contribution in [2.45, 2.75) is 44.2 Å². The van der Waals surface area contributed by atoms with Crippen molar-refractivity contribution < 1.29 is 4.79 Å². The molecule has 0 radical (unpaired) electrons. The van der Waals surface area contributed by atoms with Crippen molar-refractivity contribution in [3.05, 3.63) is 12.4 Å². The molecule has 1 aromatic rings. The van der Waals surface area contributed by atoms with Gasteiger partial charge in [0.05, 0.1) is 0 Å². The van der Waals surface area contributed by atoms with E-state index in [9.17, 15) is 4.79 Å². The number of piperidine rings is 1. The third-order valence-electron chi connectivity index (χ3n) is 3.80. The molecule has 0 aromatic carbocycles. The molecule has 3 heterocycles. The maximum Gasteiger partial charge on any atom is 0.226 e. The highest BCUT2D eigenvalue weighted by atomic mass is 16.1. The third kappa shape index (κ3) is 2.49. The van der Waals surface area contributed by atoms with Crippen molar-refractivity contribution in [2.24, 2.45) is 5.92 Å². The normalized spacial score (nSPS) is 31.4. The number of H-pyrrole nitrogens is 1. The summed E-state index contributed by atoms with van der Waals surface area (Å²) in [6.07, 6.45) is 8.81. The maximum absolute atomic E-state index is 11.8. The van der Waals surface area contributed by atoms with Crippen LogP contribution in [0, 0.1) is 5.92 Å². The molecule has 2 unspecified atom stereocenters. The van der Waals surface area contributed by atoms with Gasteiger partial charge in [0, 0.05) is 30.9 Å². The van der Waals surface area contributed by atoms with Crippen LogP contribution in [0.3, 0.4) is 0 Å². The Kier molecular flexibility index (Phi) is 2.84. The largest absolute Gasteiger partial charge is 0.331 e. The van der Waals surface area contributed by atoms with E-state index in [1.165, 1.54) is 12.8 Å². The lowest BCUT2D eigenvalue weighted by molar-refractivity contribution is -0.117. The SMILES string of the molecule is O=C(CC1CC2CCC(C1)N2)Nc1ncc[nH]1. The average molecular weight is 234 g/mol. The van der Waals surface area contributed by atoms with Gasteiger partial charge in [-0.25, -0.2) is 4.98 Å². The van der Waals surface area contributed by atoms with Gasteiger partial charge in [0.25, 0.3) is 0 Å². The summed E-state index contributed by atoms with van der Waals surface area (Å²) in [5, 5.41) is 6.38. The Balaban J connectivity index is 1.51. The molecule has 1 amide bonds. The summed E-state index contributed by atoms with van der Waals surface area (Å²) in [6, 6.07) is 1.30. The van der Waals surface area contributed by atoms with Crippen LogP contribution in [0.5, 0.6) is 0 Å². The number of hydrogen-bond acceptors (Lipinski definition) is 3. The summed E-state index contributed by atoms with van der Waals surface area (Å²) in [5.74, 6) is 1.15.